The molecule has 5 aromatic rings. The van der Waals surface area contributed by atoms with Gasteiger partial charge in [-0.2, -0.15) is 13.2 Å². The number of aromatic nitrogens is 3. The molecule has 0 bridgehead atoms. The molecular weight excluding hydrogens is 469 g/mol. The summed E-state index contributed by atoms with van der Waals surface area (Å²) >= 11 is 0. The molecule has 3 aromatic heterocycles. The lowest BCUT2D eigenvalue weighted by Gasteiger charge is -2.14. The highest BCUT2D eigenvalue weighted by Gasteiger charge is 2.31. The number of hydrogen-bond donors (Lipinski definition) is 2. The molecule has 0 spiro atoms. The van der Waals surface area contributed by atoms with E-state index in [-0.39, 0.29) is 5.69 Å². The smallest absolute Gasteiger partial charge is 0.416 e. The van der Waals surface area contributed by atoms with Crippen molar-refractivity contribution in [1.82, 2.24) is 15.0 Å². The molecule has 0 aliphatic rings. The van der Waals surface area contributed by atoms with E-state index in [0.29, 0.717) is 34.8 Å². The summed E-state index contributed by atoms with van der Waals surface area (Å²) in [7, 11) is 0. The number of nitrogens with zero attached hydrogens (tertiary/aromatic N) is 2. The number of nitrogens with one attached hydrogen (secondary N) is 2. The van der Waals surface area contributed by atoms with Gasteiger partial charge in [0, 0.05) is 23.9 Å². The van der Waals surface area contributed by atoms with Crippen molar-refractivity contribution in [3.05, 3.63) is 101 Å². The van der Waals surface area contributed by atoms with Crippen LogP contribution >= 0.6 is 0 Å². The predicted molar refractivity (Wildman–Crippen MR) is 130 cm³/mol. The molecule has 9 heteroatoms. The Morgan fingerprint density at radius 3 is 2.58 bits per heavy atom. The number of anilines is 1. The van der Waals surface area contributed by atoms with Crippen molar-refractivity contribution in [2.45, 2.75) is 26.4 Å². The van der Waals surface area contributed by atoms with Gasteiger partial charge in [-0.15, -0.1) is 0 Å². The SMILES string of the molecule is Cc1ccc(C(=O)Nc2cc(C(F)(F)F)ccc2C)cc1Cc1nc(-c2ccco2)c2[nH]ccc2n1. The number of benzene rings is 2. The van der Waals surface area contributed by atoms with Crippen LogP contribution in [0.5, 0.6) is 0 Å². The van der Waals surface area contributed by atoms with Gasteiger partial charge in [-0.1, -0.05) is 12.1 Å². The molecular formula is C27H21F3N4O2. The summed E-state index contributed by atoms with van der Waals surface area (Å²) in [6.07, 6.45) is -0.796. The van der Waals surface area contributed by atoms with Crippen molar-refractivity contribution in [3.63, 3.8) is 0 Å². The minimum Gasteiger partial charge on any atom is -0.463 e. The minimum atomic E-state index is -4.50. The Bertz CT molecular complexity index is 1570. The van der Waals surface area contributed by atoms with Gasteiger partial charge in [0.15, 0.2) is 5.76 Å². The van der Waals surface area contributed by atoms with Gasteiger partial charge in [-0.05, 0) is 73.0 Å². The zero-order chi connectivity index (χ0) is 25.4. The van der Waals surface area contributed by atoms with E-state index in [9.17, 15) is 18.0 Å². The summed E-state index contributed by atoms with van der Waals surface area (Å²) < 4.78 is 44.9. The molecule has 0 unspecified atom stereocenters. The van der Waals surface area contributed by atoms with Gasteiger partial charge >= 0.3 is 6.18 Å². The number of halogens is 3. The summed E-state index contributed by atoms with van der Waals surface area (Å²) in [6.45, 7) is 3.55. The van der Waals surface area contributed by atoms with Crippen molar-refractivity contribution in [3.8, 4) is 11.5 Å². The monoisotopic (exact) mass is 490 g/mol. The van der Waals surface area contributed by atoms with Crippen LogP contribution in [0.15, 0.2) is 71.5 Å². The molecule has 5 rings (SSSR count). The first kappa shape index (κ1) is 23.3. The number of aryl methyl sites for hydroxylation is 2. The van der Waals surface area contributed by atoms with Crippen LogP contribution in [0.1, 0.15) is 38.4 Å². The van der Waals surface area contributed by atoms with E-state index < -0.39 is 17.6 Å². The lowest BCUT2D eigenvalue weighted by atomic mass is 10.0. The average Bonchev–Trinajstić information content (AvgIpc) is 3.53. The van der Waals surface area contributed by atoms with Crippen molar-refractivity contribution >= 4 is 22.6 Å². The van der Waals surface area contributed by atoms with Gasteiger partial charge in [-0.25, -0.2) is 9.97 Å². The fourth-order valence-corrected chi connectivity index (χ4v) is 3.96. The fraction of sp³-hybridized carbons (Fsp3) is 0.148. The van der Waals surface area contributed by atoms with Gasteiger partial charge in [0.05, 0.1) is 22.9 Å². The predicted octanol–water partition coefficient (Wildman–Crippen LogP) is 6.70. The average molecular weight is 490 g/mol. The molecule has 0 saturated heterocycles. The van der Waals surface area contributed by atoms with Crippen LogP contribution in [0.3, 0.4) is 0 Å². The number of furan rings is 1. The van der Waals surface area contributed by atoms with Crippen LogP contribution in [-0.2, 0) is 12.6 Å². The molecule has 6 nitrogen and oxygen atoms in total. The van der Waals surface area contributed by atoms with E-state index in [0.717, 1.165) is 34.3 Å². The van der Waals surface area contributed by atoms with Crippen LogP contribution in [0.2, 0.25) is 0 Å². The number of amides is 1. The second-order valence-corrected chi connectivity index (χ2v) is 8.50. The number of fused-ring (bicyclic) bond motifs is 1. The quantitative estimate of drug-likeness (QED) is 0.287. The third-order valence-electron chi connectivity index (χ3n) is 5.98. The maximum absolute atomic E-state index is 13.1. The lowest BCUT2D eigenvalue weighted by molar-refractivity contribution is -0.137. The first-order chi connectivity index (χ1) is 17.2. The molecule has 2 aromatic carbocycles. The van der Waals surface area contributed by atoms with Gasteiger partial charge in [0.2, 0.25) is 0 Å². The third kappa shape index (κ3) is 4.59. The molecule has 0 saturated carbocycles. The van der Waals surface area contributed by atoms with Crippen molar-refractivity contribution in [1.29, 1.82) is 0 Å². The second-order valence-electron chi connectivity index (χ2n) is 8.50. The third-order valence-corrected chi connectivity index (χ3v) is 5.98. The highest BCUT2D eigenvalue weighted by atomic mass is 19.4. The van der Waals surface area contributed by atoms with Crippen LogP contribution < -0.4 is 5.32 Å². The van der Waals surface area contributed by atoms with Crippen LogP contribution in [0.25, 0.3) is 22.5 Å². The van der Waals surface area contributed by atoms with E-state index in [1.165, 1.54) is 6.07 Å². The molecule has 3 heterocycles. The number of rotatable bonds is 5. The molecule has 0 aliphatic carbocycles. The largest absolute Gasteiger partial charge is 0.463 e. The summed E-state index contributed by atoms with van der Waals surface area (Å²) in [5, 5.41) is 2.61. The molecule has 0 radical (unpaired) electrons. The number of hydrogen-bond acceptors (Lipinski definition) is 4. The zero-order valence-electron chi connectivity index (χ0n) is 19.4. The Hall–Kier alpha value is -4.40. The number of aromatic amines is 1. The van der Waals surface area contributed by atoms with E-state index in [4.69, 9.17) is 9.40 Å². The molecule has 0 atom stereocenters. The minimum absolute atomic E-state index is 0.112. The molecule has 182 valence electrons. The Labute approximate surface area is 204 Å². The highest BCUT2D eigenvalue weighted by Crippen LogP contribution is 2.32. The Morgan fingerprint density at radius 1 is 1.03 bits per heavy atom. The second kappa shape index (κ2) is 8.99. The van der Waals surface area contributed by atoms with Crippen molar-refractivity contribution in [2.24, 2.45) is 0 Å². The summed E-state index contributed by atoms with van der Waals surface area (Å²) in [4.78, 5) is 25.4. The van der Waals surface area contributed by atoms with Gasteiger partial charge < -0.3 is 14.7 Å². The number of carbonyl (C=O) groups excluding carboxylic acids is 1. The van der Waals surface area contributed by atoms with Gasteiger partial charge in [0.1, 0.15) is 11.5 Å². The topological polar surface area (TPSA) is 83.8 Å². The number of carbonyl (C=O) groups is 1. The molecule has 1 amide bonds. The normalized spacial score (nSPS) is 11.7. The van der Waals surface area contributed by atoms with Gasteiger partial charge in [-0.3, -0.25) is 4.79 Å². The highest BCUT2D eigenvalue weighted by molar-refractivity contribution is 6.04. The standard InChI is InChI=1S/C27H21F3N4O2/c1-15-5-7-17(26(35)33-21-14-19(27(28,29)30)8-6-16(21)2)12-18(15)13-23-32-20-9-10-31-24(20)25(34-23)22-4-3-11-36-22/h3-12,14,31H,13H2,1-2H3,(H,33,35). The lowest BCUT2D eigenvalue weighted by Crippen LogP contribution is -2.15. The summed E-state index contributed by atoms with van der Waals surface area (Å²) in [5.74, 6) is 0.646. The maximum Gasteiger partial charge on any atom is 0.416 e. The summed E-state index contributed by atoms with van der Waals surface area (Å²) in [6, 6.07) is 13.9. The first-order valence-corrected chi connectivity index (χ1v) is 11.2. The van der Waals surface area contributed by atoms with E-state index in [2.05, 4.69) is 15.3 Å². The van der Waals surface area contributed by atoms with Crippen molar-refractivity contribution in [2.75, 3.05) is 5.32 Å². The first-order valence-electron chi connectivity index (χ1n) is 11.2. The Balaban J connectivity index is 1.44. The Kier molecular flexibility index (Phi) is 5.83. The molecule has 36 heavy (non-hydrogen) atoms. The van der Waals surface area contributed by atoms with Crippen LogP contribution in [0, 0.1) is 13.8 Å². The van der Waals surface area contributed by atoms with E-state index in [1.54, 1.807) is 43.6 Å². The maximum atomic E-state index is 13.1. The van der Waals surface area contributed by atoms with E-state index >= 15 is 0 Å². The van der Waals surface area contributed by atoms with Crippen molar-refractivity contribution < 1.29 is 22.4 Å². The molecule has 0 fully saturated rings. The van der Waals surface area contributed by atoms with Crippen LogP contribution in [0.4, 0.5) is 18.9 Å². The Morgan fingerprint density at radius 2 is 1.83 bits per heavy atom. The molecule has 2 N–H and O–H groups in total. The number of alkyl halides is 3. The van der Waals surface area contributed by atoms with E-state index in [1.807, 2.05) is 19.1 Å². The van der Waals surface area contributed by atoms with Gasteiger partial charge in [0.25, 0.3) is 5.91 Å². The van der Waals surface area contributed by atoms with Crippen LogP contribution in [-0.4, -0.2) is 20.9 Å². The summed E-state index contributed by atoms with van der Waals surface area (Å²) in [5.41, 5.74) is 4.02. The molecule has 0 aliphatic heterocycles. The zero-order valence-corrected chi connectivity index (χ0v) is 19.4. The number of H-pyrrole nitrogens is 1. The fourth-order valence-electron chi connectivity index (χ4n) is 3.96.